The molecule has 0 bridgehead atoms. The topological polar surface area (TPSA) is 75.3 Å². The lowest BCUT2D eigenvalue weighted by Gasteiger charge is -2.13. The molecule has 0 aliphatic rings. The van der Waals surface area contributed by atoms with Crippen molar-refractivity contribution in [1.29, 1.82) is 0 Å². The van der Waals surface area contributed by atoms with E-state index in [1.54, 1.807) is 20.3 Å². The summed E-state index contributed by atoms with van der Waals surface area (Å²) >= 11 is 0. The third-order valence-electron chi connectivity index (χ3n) is 5.22. The zero-order valence-corrected chi connectivity index (χ0v) is 21.1. The maximum absolute atomic E-state index is 12.4. The molecular formula is C29H30F3NO6. The van der Waals surface area contributed by atoms with Gasteiger partial charge in [0.25, 0.3) is 0 Å². The van der Waals surface area contributed by atoms with Crippen molar-refractivity contribution in [2.45, 2.75) is 13.8 Å². The monoisotopic (exact) mass is 545 g/mol. The Bertz CT molecular complexity index is 1290. The highest BCUT2D eigenvalue weighted by Crippen LogP contribution is 2.38. The van der Waals surface area contributed by atoms with Crippen LogP contribution in [0.3, 0.4) is 0 Å². The van der Waals surface area contributed by atoms with Crippen LogP contribution in [-0.4, -0.2) is 40.6 Å². The number of rotatable bonds is 11. The fourth-order valence-electron chi connectivity index (χ4n) is 3.46. The van der Waals surface area contributed by atoms with Crippen LogP contribution in [0.4, 0.5) is 18.9 Å². The van der Waals surface area contributed by atoms with E-state index >= 15 is 0 Å². The summed E-state index contributed by atoms with van der Waals surface area (Å²) in [6.07, 6.45) is 1.64. The second kappa shape index (κ2) is 13.8. The molecule has 0 aromatic heterocycles. The molecule has 0 fully saturated rings. The van der Waals surface area contributed by atoms with Crippen molar-refractivity contribution in [3.05, 3.63) is 83.6 Å². The fraction of sp³-hybridized carbons (Fsp3) is 0.207. The van der Waals surface area contributed by atoms with Crippen LogP contribution < -0.4 is 29.0 Å². The standard InChI is InChI=1S/C28H26F3NO6.CH4/c1-34-24-12-7-18(5-6-19-16-25(35-2)27(37-4)26(17-19)36-3)15-22(24)32-14-13-23(33)20-8-10-21(11-9-20)38-28(29,30)31;/h5-17,32H,1-4H3;1H4/b6-5-,14-13-;. The minimum atomic E-state index is -4.80. The second-order valence-corrected chi connectivity index (χ2v) is 7.67. The van der Waals surface area contributed by atoms with Gasteiger partial charge in [-0.25, -0.2) is 0 Å². The summed E-state index contributed by atoms with van der Waals surface area (Å²) in [4.78, 5) is 12.4. The van der Waals surface area contributed by atoms with Gasteiger partial charge in [-0.2, -0.15) is 0 Å². The normalized spacial score (nSPS) is 11.2. The van der Waals surface area contributed by atoms with Crippen LogP contribution >= 0.6 is 0 Å². The molecule has 0 unspecified atom stereocenters. The Morgan fingerprint density at radius 2 is 1.36 bits per heavy atom. The first-order valence-electron chi connectivity index (χ1n) is 11.2. The Hall–Kier alpha value is -4.60. The van der Waals surface area contributed by atoms with Crippen molar-refractivity contribution in [3.8, 4) is 28.7 Å². The van der Waals surface area contributed by atoms with Gasteiger partial charge in [0.2, 0.25) is 5.75 Å². The van der Waals surface area contributed by atoms with E-state index in [1.807, 2.05) is 36.4 Å². The SMILES string of the molecule is C.COc1ccc(/C=C\c2cc(OC)c(OC)c(OC)c2)cc1N/C=C\C(=O)c1ccc(OC(F)(F)F)cc1. The number of carbonyl (C=O) groups excluding carboxylic acids is 1. The summed E-state index contributed by atoms with van der Waals surface area (Å²) in [5.74, 6) is 1.28. The molecule has 0 amide bonds. The predicted octanol–water partition coefficient (Wildman–Crippen LogP) is 7.23. The van der Waals surface area contributed by atoms with Gasteiger partial charge in [0.15, 0.2) is 17.3 Å². The minimum absolute atomic E-state index is 0. The number of hydrogen-bond acceptors (Lipinski definition) is 7. The van der Waals surface area contributed by atoms with Crippen LogP contribution in [-0.2, 0) is 0 Å². The molecular weight excluding hydrogens is 515 g/mol. The number of ether oxygens (including phenoxy) is 5. The minimum Gasteiger partial charge on any atom is -0.495 e. The Labute approximate surface area is 225 Å². The lowest BCUT2D eigenvalue weighted by Crippen LogP contribution is -2.17. The molecule has 0 spiro atoms. The molecule has 3 aromatic carbocycles. The molecule has 1 N–H and O–H groups in total. The van der Waals surface area contributed by atoms with Gasteiger partial charge in [-0.1, -0.05) is 25.6 Å². The Morgan fingerprint density at radius 3 is 1.90 bits per heavy atom. The quantitative estimate of drug-likeness (QED) is 0.155. The first-order valence-corrected chi connectivity index (χ1v) is 11.2. The number of allylic oxidation sites excluding steroid dienone is 1. The molecule has 3 aromatic rings. The highest BCUT2D eigenvalue weighted by atomic mass is 19.4. The van der Waals surface area contributed by atoms with E-state index in [1.165, 1.54) is 38.6 Å². The van der Waals surface area contributed by atoms with Gasteiger partial charge in [0.1, 0.15) is 11.5 Å². The van der Waals surface area contributed by atoms with E-state index in [4.69, 9.17) is 18.9 Å². The number of halogens is 3. The van der Waals surface area contributed by atoms with E-state index in [9.17, 15) is 18.0 Å². The van der Waals surface area contributed by atoms with Gasteiger partial charge in [-0.05, 0) is 59.7 Å². The number of methoxy groups -OCH3 is 4. The summed E-state index contributed by atoms with van der Waals surface area (Å²) in [6.45, 7) is 0. The summed E-state index contributed by atoms with van der Waals surface area (Å²) < 4.78 is 62.2. The molecule has 0 heterocycles. The van der Waals surface area contributed by atoms with Gasteiger partial charge >= 0.3 is 6.36 Å². The van der Waals surface area contributed by atoms with Gasteiger partial charge < -0.3 is 29.0 Å². The maximum atomic E-state index is 12.4. The van der Waals surface area contributed by atoms with Crippen molar-refractivity contribution in [2.24, 2.45) is 0 Å². The van der Waals surface area contributed by atoms with E-state index < -0.39 is 17.9 Å². The number of alkyl halides is 3. The van der Waals surface area contributed by atoms with Gasteiger partial charge in [0, 0.05) is 17.8 Å². The zero-order chi connectivity index (χ0) is 27.7. The smallest absolute Gasteiger partial charge is 0.495 e. The molecule has 0 radical (unpaired) electrons. The first-order chi connectivity index (χ1) is 18.2. The summed E-state index contributed by atoms with van der Waals surface area (Å²) in [5, 5.41) is 3.01. The van der Waals surface area contributed by atoms with E-state index in [0.717, 1.165) is 23.3 Å². The van der Waals surface area contributed by atoms with E-state index in [2.05, 4.69) is 10.1 Å². The van der Waals surface area contributed by atoms with Crippen LogP contribution in [0, 0.1) is 0 Å². The highest BCUT2D eigenvalue weighted by molar-refractivity contribution is 6.04. The predicted molar refractivity (Wildman–Crippen MR) is 145 cm³/mol. The molecule has 208 valence electrons. The number of nitrogens with one attached hydrogen (secondary N) is 1. The largest absolute Gasteiger partial charge is 0.573 e. The summed E-state index contributed by atoms with van der Waals surface area (Å²) in [5.41, 5.74) is 2.45. The fourth-order valence-corrected chi connectivity index (χ4v) is 3.46. The van der Waals surface area contributed by atoms with Crippen LogP contribution in [0.5, 0.6) is 28.7 Å². The number of benzene rings is 3. The second-order valence-electron chi connectivity index (χ2n) is 7.67. The molecule has 10 heteroatoms. The lowest BCUT2D eigenvalue weighted by molar-refractivity contribution is -0.274. The summed E-state index contributed by atoms with van der Waals surface area (Å²) in [7, 11) is 6.14. The van der Waals surface area contributed by atoms with Crippen LogP contribution in [0.2, 0.25) is 0 Å². The molecule has 0 atom stereocenters. The third-order valence-corrected chi connectivity index (χ3v) is 5.22. The van der Waals surface area contributed by atoms with Crippen molar-refractivity contribution in [3.63, 3.8) is 0 Å². The molecule has 0 aliphatic carbocycles. The molecule has 7 nitrogen and oxygen atoms in total. The third kappa shape index (κ3) is 8.46. The number of carbonyl (C=O) groups is 1. The van der Waals surface area contributed by atoms with E-state index in [-0.39, 0.29) is 13.0 Å². The average molecular weight is 546 g/mol. The summed E-state index contributed by atoms with van der Waals surface area (Å²) in [6, 6.07) is 13.7. The molecule has 0 saturated carbocycles. The van der Waals surface area contributed by atoms with Crippen molar-refractivity contribution in [2.75, 3.05) is 33.8 Å². The lowest BCUT2D eigenvalue weighted by atomic mass is 10.1. The van der Waals surface area contributed by atoms with Crippen LogP contribution in [0.25, 0.3) is 12.2 Å². The van der Waals surface area contributed by atoms with Crippen molar-refractivity contribution < 1.29 is 41.7 Å². The Kier molecular flexibility index (Phi) is 10.8. The molecule has 39 heavy (non-hydrogen) atoms. The Morgan fingerprint density at radius 1 is 0.769 bits per heavy atom. The molecule has 3 rings (SSSR count). The zero-order valence-electron chi connectivity index (χ0n) is 21.1. The Balaban J connectivity index is 0.00000533. The molecule has 0 saturated heterocycles. The van der Waals surface area contributed by atoms with Gasteiger partial charge in [0.05, 0.1) is 34.1 Å². The van der Waals surface area contributed by atoms with E-state index in [0.29, 0.717) is 28.7 Å². The van der Waals surface area contributed by atoms with Crippen molar-refractivity contribution in [1.82, 2.24) is 0 Å². The average Bonchev–Trinajstić information content (AvgIpc) is 2.90. The van der Waals surface area contributed by atoms with Crippen LogP contribution in [0.1, 0.15) is 28.9 Å². The van der Waals surface area contributed by atoms with Gasteiger partial charge in [-0.3, -0.25) is 4.79 Å². The van der Waals surface area contributed by atoms with Crippen LogP contribution in [0.15, 0.2) is 66.9 Å². The number of hydrogen-bond donors (Lipinski definition) is 1. The van der Waals surface area contributed by atoms with Crippen molar-refractivity contribution >= 4 is 23.6 Å². The number of anilines is 1. The van der Waals surface area contributed by atoms with Gasteiger partial charge in [-0.15, -0.1) is 13.2 Å². The highest BCUT2D eigenvalue weighted by Gasteiger charge is 2.31. The molecule has 0 aliphatic heterocycles. The first kappa shape index (κ1) is 30.6. The number of ketones is 1. The maximum Gasteiger partial charge on any atom is 0.573 e.